The van der Waals surface area contributed by atoms with E-state index in [9.17, 15) is 0 Å². The zero-order chi connectivity index (χ0) is 9.15. The summed E-state index contributed by atoms with van der Waals surface area (Å²) >= 11 is 0. The predicted octanol–water partition coefficient (Wildman–Crippen LogP) is 1.26. The van der Waals surface area contributed by atoms with Gasteiger partial charge in [0.1, 0.15) is 5.41 Å². The zero-order valence-electron chi connectivity index (χ0n) is 7.23. The highest BCUT2D eigenvalue weighted by atomic mass is 16.5. The first-order valence-corrected chi connectivity index (χ1v) is 4.27. The van der Waals surface area contributed by atoms with Crippen molar-refractivity contribution >= 4 is 0 Å². The summed E-state index contributed by atoms with van der Waals surface area (Å²) in [5, 5.41) is 9.11. The van der Waals surface area contributed by atoms with Gasteiger partial charge < -0.3 is 4.74 Å². The highest BCUT2D eigenvalue weighted by Crippen LogP contribution is 2.31. The third-order valence-electron chi connectivity index (χ3n) is 2.45. The fourth-order valence-corrected chi connectivity index (χ4v) is 1.59. The Labute approximate surface area is 77.0 Å². The van der Waals surface area contributed by atoms with Crippen LogP contribution in [0.4, 0.5) is 0 Å². The SMILES string of the molecule is N#CC1(c2cccnc2)CCOC1. The number of nitriles is 1. The molecule has 0 bridgehead atoms. The summed E-state index contributed by atoms with van der Waals surface area (Å²) in [6, 6.07) is 6.12. The molecular formula is C10H10N2O. The molecule has 1 aromatic heterocycles. The number of rotatable bonds is 1. The molecule has 0 N–H and O–H groups in total. The zero-order valence-corrected chi connectivity index (χ0v) is 7.23. The maximum Gasteiger partial charge on any atom is 0.109 e. The van der Waals surface area contributed by atoms with E-state index in [1.165, 1.54) is 0 Å². The van der Waals surface area contributed by atoms with Gasteiger partial charge in [-0.15, -0.1) is 0 Å². The summed E-state index contributed by atoms with van der Waals surface area (Å²) in [6.07, 6.45) is 4.23. The Hall–Kier alpha value is -1.40. The highest BCUT2D eigenvalue weighted by molar-refractivity contribution is 5.31. The van der Waals surface area contributed by atoms with Crippen LogP contribution in [0.15, 0.2) is 24.5 Å². The van der Waals surface area contributed by atoms with Crippen LogP contribution in [-0.2, 0) is 10.2 Å². The lowest BCUT2D eigenvalue weighted by Gasteiger charge is -2.17. The summed E-state index contributed by atoms with van der Waals surface area (Å²) in [6.45, 7) is 1.16. The molecule has 3 nitrogen and oxygen atoms in total. The molecule has 1 saturated heterocycles. The Balaban J connectivity index is 2.38. The van der Waals surface area contributed by atoms with E-state index in [-0.39, 0.29) is 0 Å². The summed E-state index contributed by atoms with van der Waals surface area (Å²) in [5.74, 6) is 0. The number of aromatic nitrogens is 1. The van der Waals surface area contributed by atoms with Crippen molar-refractivity contribution < 1.29 is 4.74 Å². The largest absolute Gasteiger partial charge is 0.379 e. The number of hydrogen-bond donors (Lipinski definition) is 0. The average molecular weight is 174 g/mol. The predicted molar refractivity (Wildman–Crippen MR) is 47.0 cm³/mol. The number of nitrogens with zero attached hydrogens (tertiary/aromatic N) is 2. The van der Waals surface area contributed by atoms with Crippen molar-refractivity contribution in [1.29, 1.82) is 5.26 Å². The molecule has 2 heterocycles. The van der Waals surface area contributed by atoms with Gasteiger partial charge in [-0.05, 0) is 18.1 Å². The van der Waals surface area contributed by atoms with Crippen LogP contribution >= 0.6 is 0 Å². The van der Waals surface area contributed by atoms with Gasteiger partial charge in [0.2, 0.25) is 0 Å². The van der Waals surface area contributed by atoms with Crippen LogP contribution < -0.4 is 0 Å². The van der Waals surface area contributed by atoms with Crippen molar-refractivity contribution in [3.8, 4) is 6.07 Å². The quantitative estimate of drug-likeness (QED) is 0.644. The maximum absolute atomic E-state index is 9.11. The maximum atomic E-state index is 9.11. The first kappa shape index (κ1) is 8.21. The van der Waals surface area contributed by atoms with Crippen LogP contribution in [0.1, 0.15) is 12.0 Å². The lowest BCUT2D eigenvalue weighted by Crippen LogP contribution is -2.24. The van der Waals surface area contributed by atoms with Gasteiger partial charge >= 0.3 is 0 Å². The molecule has 0 spiro atoms. The molecule has 66 valence electrons. The first-order valence-electron chi connectivity index (χ1n) is 4.27. The molecule has 1 fully saturated rings. The van der Waals surface area contributed by atoms with Crippen molar-refractivity contribution in [2.45, 2.75) is 11.8 Å². The molecular weight excluding hydrogens is 164 g/mol. The fourth-order valence-electron chi connectivity index (χ4n) is 1.59. The van der Waals surface area contributed by atoms with Crippen molar-refractivity contribution in [2.75, 3.05) is 13.2 Å². The molecule has 1 atom stereocenters. The molecule has 3 heteroatoms. The molecule has 0 aromatic carbocycles. The van der Waals surface area contributed by atoms with Gasteiger partial charge in [-0.25, -0.2) is 0 Å². The van der Waals surface area contributed by atoms with Gasteiger partial charge in [-0.1, -0.05) is 6.07 Å². The second kappa shape index (κ2) is 3.15. The van der Waals surface area contributed by atoms with Gasteiger partial charge in [0.15, 0.2) is 0 Å². The Morgan fingerprint density at radius 2 is 2.54 bits per heavy atom. The lowest BCUT2D eigenvalue weighted by atomic mass is 9.82. The molecule has 0 radical (unpaired) electrons. The van der Waals surface area contributed by atoms with E-state index in [0.29, 0.717) is 13.2 Å². The number of ether oxygens (including phenoxy) is 1. The van der Waals surface area contributed by atoms with Crippen molar-refractivity contribution in [1.82, 2.24) is 4.98 Å². The van der Waals surface area contributed by atoms with E-state index in [4.69, 9.17) is 10.00 Å². The third kappa shape index (κ3) is 1.30. The average Bonchev–Trinajstić information content (AvgIpc) is 2.69. The minimum Gasteiger partial charge on any atom is -0.379 e. The van der Waals surface area contributed by atoms with Gasteiger partial charge in [0, 0.05) is 19.0 Å². The summed E-state index contributed by atoms with van der Waals surface area (Å²) < 4.78 is 5.26. The van der Waals surface area contributed by atoms with Crippen LogP contribution in [0.5, 0.6) is 0 Å². The molecule has 0 amide bonds. The minimum absolute atomic E-state index is 0.450. The van der Waals surface area contributed by atoms with E-state index in [0.717, 1.165) is 12.0 Å². The monoisotopic (exact) mass is 174 g/mol. The smallest absolute Gasteiger partial charge is 0.109 e. The first-order chi connectivity index (χ1) is 6.37. The van der Waals surface area contributed by atoms with Gasteiger partial charge in [-0.2, -0.15) is 5.26 Å². The summed E-state index contributed by atoms with van der Waals surface area (Å²) in [4.78, 5) is 4.02. The molecule has 1 aromatic rings. The Bertz CT molecular complexity index is 323. The highest BCUT2D eigenvalue weighted by Gasteiger charge is 2.36. The van der Waals surface area contributed by atoms with E-state index in [2.05, 4.69) is 11.1 Å². The fraction of sp³-hybridized carbons (Fsp3) is 0.400. The second-order valence-electron chi connectivity index (χ2n) is 3.24. The van der Waals surface area contributed by atoms with Crippen LogP contribution in [0.2, 0.25) is 0 Å². The topological polar surface area (TPSA) is 45.9 Å². The van der Waals surface area contributed by atoms with Gasteiger partial charge in [-0.3, -0.25) is 4.98 Å². The Morgan fingerprint density at radius 1 is 1.62 bits per heavy atom. The standard InChI is InChI=1S/C10H10N2O/c11-7-10(3-5-13-8-10)9-2-1-4-12-6-9/h1-2,4,6H,3,5,8H2. The molecule has 13 heavy (non-hydrogen) atoms. The van der Waals surface area contributed by atoms with Gasteiger partial charge in [0.05, 0.1) is 12.7 Å². The molecule has 1 aliphatic rings. The number of hydrogen-bond acceptors (Lipinski definition) is 3. The van der Waals surface area contributed by atoms with Crippen LogP contribution in [0.3, 0.4) is 0 Å². The van der Waals surface area contributed by atoms with E-state index >= 15 is 0 Å². The second-order valence-corrected chi connectivity index (χ2v) is 3.24. The summed E-state index contributed by atoms with van der Waals surface area (Å²) in [5.41, 5.74) is 0.517. The van der Waals surface area contributed by atoms with Crippen LogP contribution in [0.25, 0.3) is 0 Å². The molecule has 1 aliphatic heterocycles. The van der Waals surface area contributed by atoms with E-state index in [1.807, 2.05) is 12.1 Å². The Morgan fingerprint density at radius 3 is 3.08 bits per heavy atom. The molecule has 0 saturated carbocycles. The van der Waals surface area contributed by atoms with Crippen LogP contribution in [-0.4, -0.2) is 18.2 Å². The third-order valence-corrected chi connectivity index (χ3v) is 2.45. The minimum atomic E-state index is -0.450. The van der Waals surface area contributed by atoms with E-state index < -0.39 is 5.41 Å². The molecule has 2 rings (SSSR count). The van der Waals surface area contributed by atoms with Crippen molar-refractivity contribution in [3.05, 3.63) is 30.1 Å². The molecule has 1 unspecified atom stereocenters. The van der Waals surface area contributed by atoms with Gasteiger partial charge in [0.25, 0.3) is 0 Å². The Kier molecular flexibility index (Phi) is 1.99. The van der Waals surface area contributed by atoms with Crippen molar-refractivity contribution in [3.63, 3.8) is 0 Å². The van der Waals surface area contributed by atoms with Crippen molar-refractivity contribution in [2.24, 2.45) is 0 Å². The molecule has 0 aliphatic carbocycles. The van der Waals surface area contributed by atoms with Crippen LogP contribution in [0, 0.1) is 11.3 Å². The lowest BCUT2D eigenvalue weighted by molar-refractivity contribution is 0.186. The summed E-state index contributed by atoms with van der Waals surface area (Å²) in [7, 11) is 0. The normalized spacial score (nSPS) is 27.0. The number of pyridine rings is 1. The van der Waals surface area contributed by atoms with E-state index in [1.54, 1.807) is 12.4 Å².